The maximum atomic E-state index is 12.5. The van der Waals surface area contributed by atoms with Crippen molar-refractivity contribution in [3.05, 3.63) is 36.4 Å². The average molecular weight is 332 g/mol. The standard InChI is InChI=1S/C14H15F3N2O2S/c1-20-11-4-3-10(7-12(11)21-2)22-8-13-18-5-6-19(13)9-14(15,16)17/h3-7H,8-9H2,1-2H3. The third-order valence-corrected chi connectivity index (χ3v) is 3.86. The fraction of sp³-hybridized carbons (Fsp3) is 0.357. The van der Waals surface area contributed by atoms with Gasteiger partial charge >= 0.3 is 6.18 Å². The molecule has 0 aliphatic heterocycles. The molecule has 2 aromatic rings. The number of rotatable bonds is 6. The smallest absolute Gasteiger partial charge is 0.406 e. The van der Waals surface area contributed by atoms with Crippen molar-refractivity contribution in [3.63, 3.8) is 0 Å². The van der Waals surface area contributed by atoms with E-state index in [0.29, 0.717) is 23.1 Å². The Morgan fingerprint density at radius 1 is 1.18 bits per heavy atom. The number of halogens is 3. The highest BCUT2D eigenvalue weighted by molar-refractivity contribution is 7.98. The Bertz CT molecular complexity index is 629. The van der Waals surface area contributed by atoms with Gasteiger partial charge in [-0.25, -0.2) is 4.98 Å². The van der Waals surface area contributed by atoms with E-state index in [9.17, 15) is 13.2 Å². The van der Waals surface area contributed by atoms with Crippen LogP contribution in [-0.2, 0) is 12.3 Å². The second-order valence-electron chi connectivity index (χ2n) is 4.39. The minimum absolute atomic E-state index is 0.332. The maximum absolute atomic E-state index is 12.5. The molecule has 0 atom stereocenters. The molecule has 0 unspecified atom stereocenters. The van der Waals surface area contributed by atoms with E-state index in [0.717, 1.165) is 9.46 Å². The van der Waals surface area contributed by atoms with Crippen LogP contribution in [0.1, 0.15) is 5.82 Å². The molecule has 0 bridgehead atoms. The van der Waals surface area contributed by atoms with Crippen molar-refractivity contribution in [2.45, 2.75) is 23.4 Å². The van der Waals surface area contributed by atoms with Gasteiger partial charge in [0.2, 0.25) is 0 Å². The van der Waals surface area contributed by atoms with E-state index in [1.165, 1.54) is 31.3 Å². The van der Waals surface area contributed by atoms with Gasteiger partial charge in [-0.2, -0.15) is 13.2 Å². The minimum atomic E-state index is -4.26. The van der Waals surface area contributed by atoms with E-state index < -0.39 is 12.7 Å². The lowest BCUT2D eigenvalue weighted by Crippen LogP contribution is -2.18. The SMILES string of the molecule is COc1ccc(SCc2nccn2CC(F)(F)F)cc1OC. The van der Waals surface area contributed by atoms with Crippen molar-refractivity contribution in [3.8, 4) is 11.5 Å². The average Bonchev–Trinajstić information content (AvgIpc) is 2.89. The molecular formula is C14H15F3N2O2S. The molecule has 4 nitrogen and oxygen atoms in total. The van der Waals surface area contributed by atoms with Crippen LogP contribution in [0.4, 0.5) is 13.2 Å². The summed E-state index contributed by atoms with van der Waals surface area (Å²) in [5.41, 5.74) is 0. The molecule has 0 saturated heterocycles. The molecule has 1 aromatic carbocycles. The first kappa shape index (κ1) is 16.5. The second kappa shape index (κ2) is 6.95. The topological polar surface area (TPSA) is 36.3 Å². The lowest BCUT2D eigenvalue weighted by Gasteiger charge is -2.11. The van der Waals surface area contributed by atoms with Crippen molar-refractivity contribution < 1.29 is 22.6 Å². The Labute approximate surface area is 130 Å². The van der Waals surface area contributed by atoms with Crippen molar-refractivity contribution in [1.29, 1.82) is 0 Å². The van der Waals surface area contributed by atoms with Gasteiger partial charge in [0.15, 0.2) is 11.5 Å². The summed E-state index contributed by atoms with van der Waals surface area (Å²) >= 11 is 1.38. The lowest BCUT2D eigenvalue weighted by molar-refractivity contribution is -0.140. The molecule has 1 aromatic heterocycles. The minimum Gasteiger partial charge on any atom is -0.493 e. The largest absolute Gasteiger partial charge is 0.493 e. The number of ether oxygens (including phenoxy) is 2. The molecular weight excluding hydrogens is 317 g/mol. The summed E-state index contributed by atoms with van der Waals surface area (Å²) < 4.78 is 48.8. The van der Waals surface area contributed by atoms with Gasteiger partial charge in [0.05, 0.1) is 20.0 Å². The molecule has 0 spiro atoms. The van der Waals surface area contributed by atoms with E-state index in [-0.39, 0.29) is 0 Å². The van der Waals surface area contributed by atoms with Gasteiger partial charge < -0.3 is 14.0 Å². The Kier molecular flexibility index (Phi) is 5.23. The van der Waals surface area contributed by atoms with E-state index in [2.05, 4.69) is 4.98 Å². The summed E-state index contributed by atoms with van der Waals surface area (Å²) in [6.45, 7) is -1.03. The molecule has 8 heteroatoms. The maximum Gasteiger partial charge on any atom is 0.406 e. The van der Waals surface area contributed by atoms with Gasteiger partial charge in [-0.3, -0.25) is 0 Å². The predicted octanol–water partition coefficient (Wildman–Crippen LogP) is 3.75. The van der Waals surface area contributed by atoms with Crippen LogP contribution < -0.4 is 9.47 Å². The Balaban J connectivity index is 2.06. The zero-order valence-electron chi connectivity index (χ0n) is 12.1. The number of hydrogen-bond acceptors (Lipinski definition) is 4. The number of nitrogens with zero attached hydrogens (tertiary/aromatic N) is 2. The van der Waals surface area contributed by atoms with Crippen LogP contribution in [0.3, 0.4) is 0 Å². The van der Waals surface area contributed by atoms with E-state index >= 15 is 0 Å². The van der Waals surface area contributed by atoms with Crippen molar-refractivity contribution in [1.82, 2.24) is 9.55 Å². The first-order chi connectivity index (χ1) is 10.4. The quantitative estimate of drug-likeness (QED) is 0.755. The highest BCUT2D eigenvalue weighted by atomic mass is 32.2. The van der Waals surface area contributed by atoms with Crippen molar-refractivity contribution >= 4 is 11.8 Å². The number of hydrogen-bond donors (Lipinski definition) is 0. The number of methoxy groups -OCH3 is 2. The predicted molar refractivity (Wildman–Crippen MR) is 77.4 cm³/mol. The first-order valence-corrected chi connectivity index (χ1v) is 7.33. The summed E-state index contributed by atoms with van der Waals surface area (Å²) in [6, 6.07) is 5.35. The summed E-state index contributed by atoms with van der Waals surface area (Å²) in [7, 11) is 3.07. The molecule has 1 heterocycles. The van der Waals surface area contributed by atoms with Gasteiger partial charge in [-0.1, -0.05) is 0 Å². The van der Waals surface area contributed by atoms with E-state index in [1.54, 1.807) is 19.2 Å². The molecule has 0 amide bonds. The lowest BCUT2D eigenvalue weighted by atomic mass is 10.3. The Morgan fingerprint density at radius 3 is 2.55 bits per heavy atom. The zero-order valence-corrected chi connectivity index (χ0v) is 12.9. The molecule has 120 valence electrons. The van der Waals surface area contributed by atoms with E-state index in [4.69, 9.17) is 9.47 Å². The van der Waals surface area contributed by atoms with Gasteiger partial charge in [0.25, 0.3) is 0 Å². The number of imidazole rings is 1. The second-order valence-corrected chi connectivity index (χ2v) is 5.44. The molecule has 0 aliphatic carbocycles. The monoisotopic (exact) mass is 332 g/mol. The summed E-state index contributed by atoms with van der Waals surface area (Å²) in [4.78, 5) is 4.84. The van der Waals surface area contributed by atoms with Gasteiger partial charge in [-0.15, -0.1) is 11.8 Å². The molecule has 0 N–H and O–H groups in total. The van der Waals surface area contributed by atoms with Crippen LogP contribution in [0, 0.1) is 0 Å². The van der Waals surface area contributed by atoms with Gasteiger partial charge in [0.1, 0.15) is 12.4 Å². The number of thioether (sulfide) groups is 1. The van der Waals surface area contributed by atoms with Crippen molar-refractivity contribution in [2.24, 2.45) is 0 Å². The van der Waals surface area contributed by atoms with Crippen LogP contribution in [0.2, 0.25) is 0 Å². The van der Waals surface area contributed by atoms with E-state index in [1.807, 2.05) is 6.07 Å². The molecule has 2 rings (SSSR count). The fourth-order valence-corrected chi connectivity index (χ4v) is 2.76. The number of benzene rings is 1. The summed E-state index contributed by atoms with van der Waals surface area (Å²) in [5, 5.41) is 0. The van der Waals surface area contributed by atoms with Crippen LogP contribution in [0.25, 0.3) is 0 Å². The fourth-order valence-electron chi connectivity index (χ4n) is 1.87. The summed E-state index contributed by atoms with van der Waals surface area (Å²) in [6.07, 6.45) is -1.56. The third-order valence-electron chi connectivity index (χ3n) is 2.87. The van der Waals surface area contributed by atoms with Crippen molar-refractivity contribution in [2.75, 3.05) is 14.2 Å². The van der Waals surface area contributed by atoms with Gasteiger partial charge in [-0.05, 0) is 18.2 Å². The first-order valence-electron chi connectivity index (χ1n) is 6.34. The highest BCUT2D eigenvalue weighted by Gasteiger charge is 2.28. The molecule has 22 heavy (non-hydrogen) atoms. The third kappa shape index (κ3) is 4.33. The molecule has 0 fully saturated rings. The number of alkyl halides is 3. The zero-order chi connectivity index (χ0) is 16.2. The van der Waals surface area contributed by atoms with Crippen LogP contribution in [0.15, 0.2) is 35.5 Å². The normalized spacial score (nSPS) is 11.5. The van der Waals surface area contributed by atoms with Crippen LogP contribution >= 0.6 is 11.8 Å². The number of aromatic nitrogens is 2. The Hall–Kier alpha value is -1.83. The molecule has 0 saturated carbocycles. The molecule has 0 radical (unpaired) electrons. The van der Waals surface area contributed by atoms with Crippen LogP contribution in [0.5, 0.6) is 11.5 Å². The Morgan fingerprint density at radius 2 is 1.91 bits per heavy atom. The van der Waals surface area contributed by atoms with Gasteiger partial charge in [0, 0.05) is 17.3 Å². The highest BCUT2D eigenvalue weighted by Crippen LogP contribution is 2.33. The molecule has 0 aliphatic rings. The van der Waals surface area contributed by atoms with Crippen LogP contribution in [-0.4, -0.2) is 29.9 Å². The summed E-state index contributed by atoms with van der Waals surface area (Å²) in [5.74, 6) is 1.88.